The van der Waals surface area contributed by atoms with Gasteiger partial charge in [0.25, 0.3) is 0 Å². The highest BCUT2D eigenvalue weighted by atomic mass is 35.5. The fourth-order valence-corrected chi connectivity index (χ4v) is 1.43. The topological polar surface area (TPSA) is 34.1 Å². The van der Waals surface area contributed by atoms with Gasteiger partial charge >= 0.3 is 0 Å². The minimum absolute atomic E-state index is 0.120. The first kappa shape index (κ1) is 11.2. The molecule has 0 radical (unpaired) electrons. The zero-order chi connectivity index (χ0) is 10.7. The maximum Gasteiger partial charge on any atom is 0.163 e. The summed E-state index contributed by atoms with van der Waals surface area (Å²) < 4.78 is 0. The fraction of sp³-hybridized carbons (Fsp3) is 0.200. The number of ketones is 1. The van der Waals surface area contributed by atoms with E-state index in [1.165, 1.54) is 12.1 Å². The van der Waals surface area contributed by atoms with E-state index in [9.17, 15) is 9.59 Å². The van der Waals surface area contributed by atoms with Crippen LogP contribution in [-0.2, 0) is 0 Å². The number of benzene rings is 1. The molecule has 0 aliphatic heterocycles. The number of carbonyl (C=O) groups is 2. The summed E-state index contributed by atoms with van der Waals surface area (Å²) in [4.78, 5) is 22.1. The Morgan fingerprint density at radius 2 is 1.93 bits per heavy atom. The van der Waals surface area contributed by atoms with Gasteiger partial charge in [-0.2, -0.15) is 0 Å². The summed E-state index contributed by atoms with van der Waals surface area (Å²) in [6.07, 6.45) is 0.934. The molecule has 1 aromatic rings. The van der Waals surface area contributed by atoms with Crippen molar-refractivity contribution in [3.63, 3.8) is 0 Å². The van der Waals surface area contributed by atoms with Crippen LogP contribution in [0.2, 0.25) is 10.0 Å². The molecule has 0 aliphatic rings. The average molecular weight is 231 g/mol. The van der Waals surface area contributed by atoms with Crippen molar-refractivity contribution < 1.29 is 9.59 Å². The van der Waals surface area contributed by atoms with Crippen molar-refractivity contribution in [2.75, 3.05) is 0 Å². The molecule has 0 unspecified atom stereocenters. The van der Waals surface area contributed by atoms with E-state index in [4.69, 9.17) is 23.2 Å². The molecule has 0 saturated heterocycles. The minimum Gasteiger partial charge on any atom is -0.298 e. The van der Waals surface area contributed by atoms with Crippen molar-refractivity contribution >= 4 is 35.3 Å². The van der Waals surface area contributed by atoms with Crippen molar-refractivity contribution in [3.8, 4) is 0 Å². The van der Waals surface area contributed by atoms with Crippen molar-refractivity contribution in [2.45, 2.75) is 13.3 Å². The molecule has 1 aromatic carbocycles. The predicted molar refractivity (Wildman–Crippen MR) is 56.5 cm³/mol. The quantitative estimate of drug-likeness (QED) is 0.590. The second-order valence-electron chi connectivity index (χ2n) is 2.75. The molecule has 0 atom stereocenters. The van der Waals surface area contributed by atoms with E-state index in [-0.39, 0.29) is 21.4 Å². The lowest BCUT2D eigenvalue weighted by molar-refractivity contribution is 0.0981. The second-order valence-corrected chi connectivity index (χ2v) is 3.56. The molecular formula is C10H8Cl2O2. The van der Waals surface area contributed by atoms with Crippen LogP contribution in [0.5, 0.6) is 0 Å². The predicted octanol–water partition coefficient (Wildman–Crippen LogP) is 3.40. The third-order valence-electron chi connectivity index (χ3n) is 1.84. The van der Waals surface area contributed by atoms with Gasteiger partial charge in [0.05, 0.1) is 10.0 Å². The molecule has 1 rings (SSSR count). The minimum atomic E-state index is -0.120. The molecule has 0 amide bonds. The highest BCUT2D eigenvalue weighted by molar-refractivity contribution is 6.42. The molecule has 0 saturated carbocycles. The van der Waals surface area contributed by atoms with Crippen LogP contribution in [0.1, 0.15) is 34.1 Å². The molecule has 0 bridgehead atoms. The van der Waals surface area contributed by atoms with Gasteiger partial charge in [0.1, 0.15) is 0 Å². The van der Waals surface area contributed by atoms with Gasteiger partial charge in [-0.15, -0.1) is 0 Å². The third kappa shape index (κ3) is 2.14. The summed E-state index contributed by atoms with van der Waals surface area (Å²) in [5.74, 6) is -0.120. The van der Waals surface area contributed by atoms with Crippen LogP contribution in [0.15, 0.2) is 12.1 Å². The summed E-state index contributed by atoms with van der Waals surface area (Å²) in [5, 5.41) is 0.565. The van der Waals surface area contributed by atoms with Gasteiger partial charge in [-0.3, -0.25) is 9.59 Å². The largest absolute Gasteiger partial charge is 0.298 e. The summed E-state index contributed by atoms with van der Waals surface area (Å²) >= 11 is 11.5. The van der Waals surface area contributed by atoms with Crippen molar-refractivity contribution in [1.29, 1.82) is 0 Å². The molecule has 4 heteroatoms. The van der Waals surface area contributed by atoms with E-state index in [2.05, 4.69) is 0 Å². The lowest BCUT2D eigenvalue weighted by Gasteiger charge is -2.04. The first-order valence-corrected chi connectivity index (χ1v) is 4.83. The van der Waals surface area contributed by atoms with Crippen LogP contribution in [0.25, 0.3) is 0 Å². The Morgan fingerprint density at radius 3 is 2.43 bits per heavy atom. The van der Waals surface area contributed by atoms with Crippen molar-refractivity contribution in [1.82, 2.24) is 0 Å². The SMILES string of the molecule is CCC(=O)c1cc(Cl)c(Cl)cc1C=O. The molecule has 0 N–H and O–H groups in total. The number of hydrogen-bond acceptors (Lipinski definition) is 2. The molecule has 74 valence electrons. The Kier molecular flexibility index (Phi) is 3.67. The summed E-state index contributed by atoms with van der Waals surface area (Å²) in [5.41, 5.74) is 0.614. The summed E-state index contributed by atoms with van der Waals surface area (Å²) in [7, 11) is 0. The Bertz CT molecular complexity index is 386. The first-order valence-electron chi connectivity index (χ1n) is 4.07. The number of hydrogen-bond donors (Lipinski definition) is 0. The van der Waals surface area contributed by atoms with E-state index in [1.807, 2.05) is 0 Å². The van der Waals surface area contributed by atoms with E-state index < -0.39 is 0 Å². The Hall–Kier alpha value is -0.860. The van der Waals surface area contributed by atoms with Gasteiger partial charge in [0.15, 0.2) is 12.1 Å². The van der Waals surface area contributed by atoms with Crippen LogP contribution in [0, 0.1) is 0 Å². The second kappa shape index (κ2) is 4.58. The molecule has 2 nitrogen and oxygen atoms in total. The van der Waals surface area contributed by atoms with Crippen LogP contribution in [0.4, 0.5) is 0 Å². The van der Waals surface area contributed by atoms with Gasteiger partial charge in [0, 0.05) is 17.5 Å². The van der Waals surface area contributed by atoms with E-state index in [1.54, 1.807) is 6.92 Å². The highest BCUT2D eigenvalue weighted by Crippen LogP contribution is 2.25. The standard InChI is InChI=1S/C10H8Cl2O2/c1-2-10(14)7-4-9(12)8(11)3-6(7)5-13/h3-5H,2H2,1H3. The van der Waals surface area contributed by atoms with Gasteiger partial charge in [-0.1, -0.05) is 30.1 Å². The Morgan fingerprint density at radius 1 is 1.36 bits per heavy atom. The fourth-order valence-electron chi connectivity index (χ4n) is 1.09. The lowest BCUT2D eigenvalue weighted by Crippen LogP contribution is -2.01. The van der Waals surface area contributed by atoms with Crippen molar-refractivity contribution in [2.24, 2.45) is 0 Å². The molecule has 0 fully saturated rings. The molecule has 0 spiro atoms. The lowest BCUT2D eigenvalue weighted by atomic mass is 10.0. The zero-order valence-electron chi connectivity index (χ0n) is 7.51. The van der Waals surface area contributed by atoms with Gasteiger partial charge < -0.3 is 0 Å². The number of Topliss-reactive ketones (excluding diaryl/α,β-unsaturated/α-hetero) is 1. The van der Waals surface area contributed by atoms with Gasteiger partial charge in [-0.25, -0.2) is 0 Å². The maximum absolute atomic E-state index is 11.4. The molecular weight excluding hydrogens is 223 g/mol. The number of aldehydes is 1. The van der Waals surface area contributed by atoms with E-state index in [0.717, 1.165) is 0 Å². The third-order valence-corrected chi connectivity index (χ3v) is 2.56. The Labute approximate surface area is 91.8 Å². The van der Waals surface area contributed by atoms with Crippen LogP contribution < -0.4 is 0 Å². The Balaban J connectivity index is 3.34. The number of carbonyl (C=O) groups excluding carboxylic acids is 2. The average Bonchev–Trinajstić information content (AvgIpc) is 2.20. The smallest absolute Gasteiger partial charge is 0.163 e. The highest BCUT2D eigenvalue weighted by Gasteiger charge is 2.12. The molecule has 14 heavy (non-hydrogen) atoms. The van der Waals surface area contributed by atoms with Crippen LogP contribution in [-0.4, -0.2) is 12.1 Å². The van der Waals surface area contributed by atoms with Crippen LogP contribution in [0.3, 0.4) is 0 Å². The van der Waals surface area contributed by atoms with Crippen LogP contribution >= 0.6 is 23.2 Å². The summed E-state index contributed by atoms with van der Waals surface area (Å²) in [6.45, 7) is 1.72. The monoisotopic (exact) mass is 230 g/mol. The van der Waals surface area contributed by atoms with Gasteiger partial charge in [-0.05, 0) is 12.1 Å². The van der Waals surface area contributed by atoms with E-state index in [0.29, 0.717) is 18.3 Å². The normalized spacial score (nSPS) is 9.93. The molecule has 0 aromatic heterocycles. The number of rotatable bonds is 3. The molecule has 0 aliphatic carbocycles. The van der Waals surface area contributed by atoms with E-state index >= 15 is 0 Å². The number of halogens is 2. The zero-order valence-corrected chi connectivity index (χ0v) is 9.02. The first-order chi connectivity index (χ1) is 6.60. The molecule has 0 heterocycles. The summed E-state index contributed by atoms with van der Waals surface area (Å²) in [6, 6.07) is 2.83. The van der Waals surface area contributed by atoms with Crippen molar-refractivity contribution in [3.05, 3.63) is 33.3 Å². The maximum atomic E-state index is 11.4. The van der Waals surface area contributed by atoms with Gasteiger partial charge in [0.2, 0.25) is 0 Å².